The Labute approximate surface area is 219 Å². The van der Waals surface area contributed by atoms with Gasteiger partial charge < -0.3 is 10.2 Å². The summed E-state index contributed by atoms with van der Waals surface area (Å²) in [4.78, 5) is 12.1. The molecule has 5 heteroatoms. The van der Waals surface area contributed by atoms with Crippen molar-refractivity contribution in [1.82, 2.24) is 14.9 Å². The highest BCUT2D eigenvalue weighted by atomic mass is 35.5. The van der Waals surface area contributed by atoms with Crippen molar-refractivity contribution in [3.05, 3.63) is 106 Å². The molecule has 5 rings (SSSR count). The van der Waals surface area contributed by atoms with E-state index in [1.807, 2.05) is 18.3 Å². The number of nitrogens with one attached hydrogen (secondary N) is 1. The van der Waals surface area contributed by atoms with E-state index in [-0.39, 0.29) is 5.92 Å². The number of hydrogen-bond acceptors (Lipinski definition) is 4. The predicted octanol–water partition coefficient (Wildman–Crippen LogP) is 7.50. The molecule has 0 saturated heterocycles. The minimum Gasteiger partial charge on any atom is -0.324 e. The Balaban J connectivity index is 1.34. The van der Waals surface area contributed by atoms with Gasteiger partial charge in [0.05, 0.1) is 5.69 Å². The van der Waals surface area contributed by atoms with E-state index in [0.29, 0.717) is 5.95 Å². The highest BCUT2D eigenvalue weighted by Crippen LogP contribution is 2.43. The molecule has 0 aliphatic heterocycles. The van der Waals surface area contributed by atoms with Crippen molar-refractivity contribution in [1.29, 1.82) is 0 Å². The standard InChI is InChI=1S/C31H33ClN4/c1-3-18-36(4-2)19-17-22-13-15-24(16-14-22)34-31-33-21-23-20-28(26-10-7-8-12-29(26)32)25-9-5-6-11-27(25)30(23)35-31/h5-16,21,28H,3-4,17-20H2,1-2H3,(H,33,34,35). The van der Waals surface area contributed by atoms with Gasteiger partial charge in [-0.2, -0.15) is 0 Å². The third-order valence-corrected chi connectivity index (χ3v) is 7.42. The molecule has 3 aromatic carbocycles. The maximum atomic E-state index is 6.59. The van der Waals surface area contributed by atoms with E-state index in [2.05, 4.69) is 89.7 Å². The highest BCUT2D eigenvalue weighted by molar-refractivity contribution is 6.31. The van der Waals surface area contributed by atoms with Gasteiger partial charge in [0, 0.05) is 34.9 Å². The summed E-state index contributed by atoms with van der Waals surface area (Å²) >= 11 is 6.59. The molecule has 1 aromatic heterocycles. The molecule has 0 amide bonds. The first-order valence-corrected chi connectivity index (χ1v) is 13.3. The predicted molar refractivity (Wildman–Crippen MR) is 150 cm³/mol. The van der Waals surface area contributed by atoms with Gasteiger partial charge in [-0.15, -0.1) is 0 Å². The van der Waals surface area contributed by atoms with Crippen molar-refractivity contribution in [3.8, 4) is 11.3 Å². The number of likely N-dealkylation sites (N-methyl/N-ethyl adjacent to an activating group) is 1. The molecule has 36 heavy (non-hydrogen) atoms. The van der Waals surface area contributed by atoms with E-state index in [1.165, 1.54) is 17.5 Å². The van der Waals surface area contributed by atoms with E-state index in [1.54, 1.807) is 0 Å². The maximum Gasteiger partial charge on any atom is 0.227 e. The van der Waals surface area contributed by atoms with Crippen LogP contribution in [-0.2, 0) is 12.8 Å². The van der Waals surface area contributed by atoms with Gasteiger partial charge >= 0.3 is 0 Å². The lowest BCUT2D eigenvalue weighted by Crippen LogP contribution is -2.26. The minimum atomic E-state index is 0.193. The molecular formula is C31H33ClN4. The Hall–Kier alpha value is -3.21. The molecule has 4 nitrogen and oxygen atoms in total. The number of rotatable bonds is 9. The van der Waals surface area contributed by atoms with Crippen LogP contribution in [0.4, 0.5) is 11.6 Å². The number of aromatic nitrogens is 2. The van der Waals surface area contributed by atoms with Gasteiger partial charge in [-0.1, -0.05) is 80.0 Å². The molecule has 0 saturated carbocycles. The zero-order valence-corrected chi connectivity index (χ0v) is 21.8. The fourth-order valence-electron chi connectivity index (χ4n) is 5.15. The van der Waals surface area contributed by atoms with Gasteiger partial charge in [0.1, 0.15) is 0 Å². The lowest BCUT2D eigenvalue weighted by molar-refractivity contribution is 0.292. The van der Waals surface area contributed by atoms with Crippen LogP contribution in [0.3, 0.4) is 0 Å². The van der Waals surface area contributed by atoms with Crippen LogP contribution in [0.5, 0.6) is 0 Å². The molecule has 0 fully saturated rings. The first-order valence-electron chi connectivity index (χ1n) is 12.9. The highest BCUT2D eigenvalue weighted by Gasteiger charge is 2.28. The largest absolute Gasteiger partial charge is 0.324 e. The zero-order chi connectivity index (χ0) is 24.9. The normalized spacial score (nSPS) is 14.4. The molecule has 0 radical (unpaired) electrons. The van der Waals surface area contributed by atoms with E-state index in [9.17, 15) is 0 Å². The Morgan fingerprint density at radius 1 is 0.917 bits per heavy atom. The molecule has 1 heterocycles. The van der Waals surface area contributed by atoms with Gasteiger partial charge in [0.15, 0.2) is 0 Å². The molecule has 1 aliphatic carbocycles. The van der Waals surface area contributed by atoms with Crippen molar-refractivity contribution >= 4 is 23.2 Å². The smallest absolute Gasteiger partial charge is 0.227 e. The molecule has 1 aliphatic rings. The second-order valence-corrected chi connectivity index (χ2v) is 9.85. The van der Waals surface area contributed by atoms with Gasteiger partial charge in [-0.25, -0.2) is 9.97 Å². The van der Waals surface area contributed by atoms with E-state index >= 15 is 0 Å². The fourth-order valence-corrected chi connectivity index (χ4v) is 5.41. The Kier molecular flexibility index (Phi) is 7.64. The van der Waals surface area contributed by atoms with Gasteiger partial charge in [0.25, 0.3) is 0 Å². The van der Waals surface area contributed by atoms with Gasteiger partial charge in [-0.05, 0) is 72.8 Å². The number of hydrogen-bond donors (Lipinski definition) is 1. The van der Waals surface area contributed by atoms with Crippen LogP contribution in [0.25, 0.3) is 11.3 Å². The molecule has 184 valence electrons. The third-order valence-electron chi connectivity index (χ3n) is 7.07. The monoisotopic (exact) mass is 496 g/mol. The first-order chi connectivity index (χ1) is 17.7. The second-order valence-electron chi connectivity index (χ2n) is 9.44. The van der Waals surface area contributed by atoms with E-state index in [4.69, 9.17) is 16.6 Å². The first kappa shape index (κ1) is 24.5. The minimum absolute atomic E-state index is 0.193. The van der Waals surface area contributed by atoms with Crippen molar-refractivity contribution < 1.29 is 0 Å². The SMILES string of the molecule is CCCN(CC)CCc1ccc(Nc2ncc3c(n2)-c2ccccc2C(c2ccccc2Cl)C3)cc1. The molecule has 1 atom stereocenters. The van der Waals surface area contributed by atoms with Crippen LogP contribution in [0.2, 0.25) is 5.02 Å². The van der Waals surface area contributed by atoms with Crippen molar-refractivity contribution in [2.24, 2.45) is 0 Å². The Bertz CT molecular complexity index is 1320. The average Bonchev–Trinajstić information content (AvgIpc) is 2.92. The van der Waals surface area contributed by atoms with Crippen LogP contribution in [-0.4, -0.2) is 34.5 Å². The van der Waals surface area contributed by atoms with Crippen molar-refractivity contribution in [2.45, 2.75) is 39.0 Å². The van der Waals surface area contributed by atoms with Crippen LogP contribution in [0, 0.1) is 0 Å². The number of fused-ring (bicyclic) bond motifs is 3. The van der Waals surface area contributed by atoms with E-state index in [0.717, 1.165) is 65.6 Å². The van der Waals surface area contributed by atoms with Gasteiger partial charge in [0.2, 0.25) is 5.95 Å². The zero-order valence-electron chi connectivity index (χ0n) is 21.0. The van der Waals surface area contributed by atoms with Crippen LogP contribution in [0.1, 0.15) is 48.4 Å². The molecule has 1 N–H and O–H groups in total. The lowest BCUT2D eigenvalue weighted by Gasteiger charge is -2.28. The maximum absolute atomic E-state index is 6.59. The summed E-state index contributed by atoms with van der Waals surface area (Å²) in [6.07, 6.45) is 5.05. The molecule has 0 spiro atoms. The number of benzene rings is 3. The topological polar surface area (TPSA) is 41.0 Å². The van der Waals surface area contributed by atoms with Crippen LogP contribution in [0.15, 0.2) is 79.0 Å². The quantitative estimate of drug-likeness (QED) is 0.260. The van der Waals surface area contributed by atoms with Gasteiger partial charge in [-0.3, -0.25) is 0 Å². The Morgan fingerprint density at radius 3 is 2.42 bits per heavy atom. The second kappa shape index (κ2) is 11.2. The average molecular weight is 497 g/mol. The third kappa shape index (κ3) is 5.30. The van der Waals surface area contributed by atoms with E-state index < -0.39 is 0 Å². The number of halogens is 1. The fraction of sp³-hybridized carbons (Fsp3) is 0.290. The van der Waals surface area contributed by atoms with Crippen LogP contribution >= 0.6 is 11.6 Å². The number of nitrogens with zero attached hydrogens (tertiary/aromatic N) is 3. The summed E-state index contributed by atoms with van der Waals surface area (Å²) in [5.41, 5.74) is 8.05. The van der Waals surface area contributed by atoms with Crippen molar-refractivity contribution in [2.75, 3.05) is 25.0 Å². The summed E-state index contributed by atoms with van der Waals surface area (Å²) in [7, 11) is 0. The molecule has 0 bridgehead atoms. The lowest BCUT2D eigenvalue weighted by atomic mass is 9.78. The summed E-state index contributed by atoms with van der Waals surface area (Å²) in [5, 5.41) is 4.21. The number of anilines is 2. The molecule has 1 unspecified atom stereocenters. The summed E-state index contributed by atoms with van der Waals surface area (Å²) in [6.45, 7) is 7.83. The van der Waals surface area contributed by atoms with Crippen molar-refractivity contribution in [3.63, 3.8) is 0 Å². The summed E-state index contributed by atoms with van der Waals surface area (Å²) in [5.74, 6) is 0.811. The van der Waals surface area contributed by atoms with Crippen LogP contribution < -0.4 is 5.32 Å². The molecule has 4 aromatic rings. The summed E-state index contributed by atoms with van der Waals surface area (Å²) < 4.78 is 0. The summed E-state index contributed by atoms with van der Waals surface area (Å²) in [6, 6.07) is 25.3. The Morgan fingerprint density at radius 2 is 1.67 bits per heavy atom. The molecular weight excluding hydrogens is 464 g/mol.